The van der Waals surface area contributed by atoms with Crippen LogP contribution < -0.4 is 10.4 Å². The van der Waals surface area contributed by atoms with Crippen LogP contribution >= 0.6 is 0 Å². The molecule has 1 atom stereocenters. The maximum Gasteiger partial charge on any atom is 0.334 e. The van der Waals surface area contributed by atoms with Gasteiger partial charge in [0.1, 0.15) is 12.4 Å². The molecule has 6 heteroatoms. The summed E-state index contributed by atoms with van der Waals surface area (Å²) in [5.74, 6) is 0.768. The molecule has 0 radical (unpaired) electrons. The molecular weight excluding hydrogens is 448 g/mol. The van der Waals surface area contributed by atoms with Crippen molar-refractivity contribution in [1.82, 2.24) is 19.0 Å². The Morgan fingerprint density at radius 3 is 2.31 bits per heavy atom. The average Bonchev–Trinajstić information content (AvgIpc) is 3.50. The standard InChI is InChI=1S/C30H28N4O2/c35-30-33(25-11-13-27(14-12-25)36-22-24-9-5-2-6-10-24)29-19-31-17-15-28(29)34(30)26-16-18-32(21-26)20-23-7-3-1-4-8-23/h1-15,17,19,26H,16,18,20-22H2. The number of pyridine rings is 1. The zero-order valence-electron chi connectivity index (χ0n) is 20.0. The molecule has 5 aromatic rings. The van der Waals surface area contributed by atoms with Crippen LogP contribution in [0.2, 0.25) is 0 Å². The van der Waals surface area contributed by atoms with E-state index in [0.717, 1.165) is 54.1 Å². The summed E-state index contributed by atoms with van der Waals surface area (Å²) in [5, 5.41) is 0. The third-order valence-corrected chi connectivity index (χ3v) is 6.88. The van der Waals surface area contributed by atoms with E-state index < -0.39 is 0 Å². The number of nitrogens with zero attached hydrogens (tertiary/aromatic N) is 4. The number of rotatable bonds is 7. The minimum absolute atomic E-state index is 0.0254. The van der Waals surface area contributed by atoms with Crippen molar-refractivity contribution in [3.63, 3.8) is 0 Å². The second-order valence-electron chi connectivity index (χ2n) is 9.28. The van der Waals surface area contributed by atoms with Crippen molar-refractivity contribution in [2.45, 2.75) is 25.6 Å². The number of hydrogen-bond acceptors (Lipinski definition) is 4. The molecular formula is C30H28N4O2. The summed E-state index contributed by atoms with van der Waals surface area (Å²) in [4.78, 5) is 20.5. The van der Waals surface area contributed by atoms with Gasteiger partial charge in [-0.1, -0.05) is 60.7 Å². The lowest BCUT2D eigenvalue weighted by molar-refractivity contribution is 0.306. The predicted octanol–water partition coefficient (Wildman–Crippen LogP) is 5.21. The zero-order valence-corrected chi connectivity index (χ0v) is 20.0. The van der Waals surface area contributed by atoms with Crippen molar-refractivity contribution in [2.75, 3.05) is 13.1 Å². The molecule has 6 nitrogen and oxygen atoms in total. The smallest absolute Gasteiger partial charge is 0.334 e. The van der Waals surface area contributed by atoms with Gasteiger partial charge in [-0.15, -0.1) is 0 Å². The lowest BCUT2D eigenvalue weighted by atomic mass is 10.2. The van der Waals surface area contributed by atoms with Crippen molar-refractivity contribution in [2.24, 2.45) is 0 Å². The van der Waals surface area contributed by atoms with Gasteiger partial charge < -0.3 is 4.74 Å². The minimum Gasteiger partial charge on any atom is -0.489 e. The summed E-state index contributed by atoms with van der Waals surface area (Å²) in [6.07, 6.45) is 4.49. The molecule has 0 spiro atoms. The molecule has 3 aromatic carbocycles. The van der Waals surface area contributed by atoms with Gasteiger partial charge in [-0.3, -0.25) is 19.0 Å². The van der Waals surface area contributed by atoms with Crippen LogP contribution in [0.1, 0.15) is 23.6 Å². The van der Waals surface area contributed by atoms with E-state index in [0.29, 0.717) is 6.61 Å². The lowest BCUT2D eigenvalue weighted by Crippen LogP contribution is -2.29. The Bertz CT molecular complexity index is 1510. The number of ether oxygens (including phenoxy) is 1. The van der Waals surface area contributed by atoms with Crippen LogP contribution in [0, 0.1) is 0 Å². The first-order valence-corrected chi connectivity index (χ1v) is 12.4. The number of benzene rings is 3. The normalized spacial score (nSPS) is 15.9. The third-order valence-electron chi connectivity index (χ3n) is 6.88. The van der Waals surface area contributed by atoms with Crippen LogP contribution in [-0.2, 0) is 13.2 Å². The monoisotopic (exact) mass is 476 g/mol. The molecule has 3 heterocycles. The quantitative estimate of drug-likeness (QED) is 0.324. The van der Waals surface area contributed by atoms with Crippen LogP contribution in [0.3, 0.4) is 0 Å². The Morgan fingerprint density at radius 2 is 1.56 bits per heavy atom. The summed E-state index contributed by atoms with van der Waals surface area (Å²) in [6, 6.07) is 30.4. The molecule has 1 aliphatic rings. The topological polar surface area (TPSA) is 52.3 Å². The first kappa shape index (κ1) is 22.3. The van der Waals surface area contributed by atoms with Crippen molar-refractivity contribution in [3.8, 4) is 11.4 Å². The van der Waals surface area contributed by atoms with Gasteiger partial charge in [0, 0.05) is 25.8 Å². The molecule has 0 amide bonds. The highest BCUT2D eigenvalue weighted by Gasteiger charge is 2.28. The average molecular weight is 477 g/mol. The highest BCUT2D eigenvalue weighted by molar-refractivity contribution is 5.77. The Kier molecular flexibility index (Phi) is 6.10. The highest BCUT2D eigenvalue weighted by atomic mass is 16.5. The maximum atomic E-state index is 13.8. The number of likely N-dealkylation sites (tertiary alicyclic amines) is 1. The van der Waals surface area contributed by atoms with E-state index in [2.05, 4.69) is 34.1 Å². The molecule has 36 heavy (non-hydrogen) atoms. The van der Waals surface area contributed by atoms with Gasteiger partial charge >= 0.3 is 5.69 Å². The molecule has 0 saturated carbocycles. The van der Waals surface area contributed by atoms with E-state index in [1.807, 2.05) is 71.3 Å². The summed E-state index contributed by atoms with van der Waals surface area (Å²) >= 11 is 0. The highest BCUT2D eigenvalue weighted by Crippen LogP contribution is 2.27. The van der Waals surface area contributed by atoms with Crippen molar-refractivity contribution in [3.05, 3.63) is 125 Å². The molecule has 1 aliphatic heterocycles. The van der Waals surface area contributed by atoms with E-state index in [1.165, 1.54) is 5.56 Å². The van der Waals surface area contributed by atoms with E-state index in [1.54, 1.807) is 17.0 Å². The van der Waals surface area contributed by atoms with Gasteiger partial charge in [-0.05, 0) is 47.9 Å². The van der Waals surface area contributed by atoms with Gasteiger partial charge in [-0.2, -0.15) is 0 Å². The molecule has 0 bridgehead atoms. The number of hydrogen-bond donors (Lipinski definition) is 0. The molecule has 1 saturated heterocycles. The van der Waals surface area contributed by atoms with Crippen molar-refractivity contribution < 1.29 is 4.74 Å². The van der Waals surface area contributed by atoms with Crippen LogP contribution in [0.25, 0.3) is 16.7 Å². The Hall–Kier alpha value is -4.16. The second-order valence-corrected chi connectivity index (χ2v) is 9.28. The molecule has 1 fully saturated rings. The molecule has 0 aliphatic carbocycles. The predicted molar refractivity (Wildman–Crippen MR) is 141 cm³/mol. The zero-order chi connectivity index (χ0) is 24.3. The Morgan fingerprint density at radius 1 is 0.833 bits per heavy atom. The lowest BCUT2D eigenvalue weighted by Gasteiger charge is -2.16. The van der Waals surface area contributed by atoms with Crippen molar-refractivity contribution >= 4 is 11.0 Å². The Labute approximate surface area is 210 Å². The molecule has 1 unspecified atom stereocenters. The van der Waals surface area contributed by atoms with Crippen LogP contribution in [-0.4, -0.2) is 32.1 Å². The summed E-state index contributed by atoms with van der Waals surface area (Å²) in [7, 11) is 0. The number of imidazole rings is 1. The summed E-state index contributed by atoms with van der Waals surface area (Å²) in [5.41, 5.74) is 4.94. The minimum atomic E-state index is -0.0254. The first-order valence-electron chi connectivity index (χ1n) is 12.4. The van der Waals surface area contributed by atoms with E-state index in [4.69, 9.17) is 4.74 Å². The number of fused-ring (bicyclic) bond motifs is 1. The largest absolute Gasteiger partial charge is 0.489 e. The van der Waals surface area contributed by atoms with E-state index in [-0.39, 0.29) is 11.7 Å². The summed E-state index contributed by atoms with van der Waals surface area (Å²) < 4.78 is 9.66. The molecule has 2 aromatic heterocycles. The van der Waals surface area contributed by atoms with Gasteiger partial charge in [0.05, 0.1) is 29.0 Å². The number of aromatic nitrogens is 3. The molecule has 0 N–H and O–H groups in total. The van der Waals surface area contributed by atoms with E-state index in [9.17, 15) is 4.79 Å². The van der Waals surface area contributed by atoms with Crippen LogP contribution in [0.15, 0.2) is 108 Å². The third kappa shape index (κ3) is 4.43. The van der Waals surface area contributed by atoms with Gasteiger partial charge in [0.25, 0.3) is 0 Å². The van der Waals surface area contributed by atoms with Crippen LogP contribution in [0.4, 0.5) is 0 Å². The van der Waals surface area contributed by atoms with Gasteiger partial charge in [-0.25, -0.2) is 4.79 Å². The van der Waals surface area contributed by atoms with Gasteiger partial charge in [0.15, 0.2) is 0 Å². The van der Waals surface area contributed by atoms with E-state index >= 15 is 0 Å². The maximum absolute atomic E-state index is 13.8. The Balaban J connectivity index is 1.26. The fourth-order valence-corrected chi connectivity index (χ4v) is 5.11. The molecule has 6 rings (SSSR count). The van der Waals surface area contributed by atoms with Crippen molar-refractivity contribution in [1.29, 1.82) is 0 Å². The fourth-order valence-electron chi connectivity index (χ4n) is 5.11. The van der Waals surface area contributed by atoms with Gasteiger partial charge in [0.2, 0.25) is 0 Å². The first-order chi connectivity index (χ1) is 17.8. The SMILES string of the molecule is O=c1n(-c2ccc(OCc3ccccc3)cc2)c2cnccc2n1C1CCN(Cc2ccccc2)C1. The van der Waals surface area contributed by atoms with Crippen LogP contribution in [0.5, 0.6) is 5.75 Å². The fraction of sp³-hybridized carbons (Fsp3) is 0.200. The summed E-state index contributed by atoms with van der Waals surface area (Å²) in [6.45, 7) is 3.22. The molecule has 180 valence electrons. The second kappa shape index (κ2) is 9.84.